The zero-order valence-electron chi connectivity index (χ0n) is 9.21. The van der Waals surface area contributed by atoms with Crippen molar-refractivity contribution in [2.24, 2.45) is 0 Å². The lowest BCUT2D eigenvalue weighted by atomic mass is 10.0. The minimum atomic E-state index is 0.800. The molecule has 82 valence electrons. The minimum absolute atomic E-state index is 0.800. The Morgan fingerprint density at radius 1 is 0.941 bits per heavy atom. The molecular weight excluding hydrogens is 210 g/mol. The lowest BCUT2D eigenvalue weighted by molar-refractivity contribution is 0.547. The molecule has 0 spiro atoms. The van der Waals surface area contributed by atoms with Crippen LogP contribution >= 0.6 is 0 Å². The van der Waals surface area contributed by atoms with Gasteiger partial charge in [-0.25, -0.2) is 0 Å². The molecule has 0 N–H and O–H groups in total. The Balaban J connectivity index is 2.26. The number of nitrogens with zero attached hydrogens (tertiary/aromatic N) is 1. The number of benzene rings is 2. The molecule has 1 heterocycles. The first kappa shape index (κ1) is 9.85. The van der Waals surface area contributed by atoms with Crippen LogP contribution in [-0.2, 0) is 4.79 Å². The third-order valence-electron chi connectivity index (χ3n) is 2.94. The van der Waals surface area contributed by atoms with Crippen molar-refractivity contribution in [3.8, 4) is 11.1 Å². The number of carbonyl (C=O) groups is 1. The second kappa shape index (κ2) is 3.91. The van der Waals surface area contributed by atoms with Gasteiger partial charge < -0.3 is 0 Å². The first-order chi connectivity index (χ1) is 8.38. The van der Waals surface area contributed by atoms with E-state index < -0.39 is 0 Å². The highest BCUT2D eigenvalue weighted by atomic mass is 16.1. The topological polar surface area (TPSA) is 22.0 Å². The molecular formula is C15H11NO. The Morgan fingerprint density at radius 3 is 2.59 bits per heavy atom. The number of hydrogen-bond acceptors (Lipinski definition) is 1. The summed E-state index contributed by atoms with van der Waals surface area (Å²) in [5.74, 6) is 0. The van der Waals surface area contributed by atoms with Crippen LogP contribution in [0, 0.1) is 0 Å². The summed E-state index contributed by atoms with van der Waals surface area (Å²) in [5, 5.41) is 2.42. The van der Waals surface area contributed by atoms with Crippen molar-refractivity contribution < 1.29 is 4.79 Å². The summed E-state index contributed by atoms with van der Waals surface area (Å²) in [6.07, 6.45) is 4.41. The summed E-state index contributed by atoms with van der Waals surface area (Å²) >= 11 is 0. The molecule has 0 amide bonds. The van der Waals surface area contributed by atoms with Crippen molar-refractivity contribution in [3.63, 3.8) is 0 Å². The summed E-state index contributed by atoms with van der Waals surface area (Å²) < 4.78 is 1.52. The molecule has 0 saturated carbocycles. The molecule has 3 aromatic rings. The predicted octanol–water partition coefficient (Wildman–Crippen LogP) is 3.35. The van der Waals surface area contributed by atoms with E-state index in [9.17, 15) is 4.79 Å². The highest BCUT2D eigenvalue weighted by molar-refractivity contribution is 5.96. The molecule has 0 radical (unpaired) electrons. The number of rotatable bonds is 2. The Hall–Kier alpha value is -2.35. The van der Waals surface area contributed by atoms with Gasteiger partial charge >= 0.3 is 0 Å². The van der Waals surface area contributed by atoms with Gasteiger partial charge in [-0.2, -0.15) is 0 Å². The maximum Gasteiger partial charge on any atom is 0.217 e. The quantitative estimate of drug-likeness (QED) is 0.608. The van der Waals surface area contributed by atoms with Crippen LogP contribution in [0.15, 0.2) is 60.9 Å². The molecule has 0 aliphatic rings. The molecule has 0 unspecified atom stereocenters. The van der Waals surface area contributed by atoms with E-state index in [0.29, 0.717) is 0 Å². The van der Waals surface area contributed by atoms with Gasteiger partial charge in [-0.3, -0.25) is 9.36 Å². The van der Waals surface area contributed by atoms with E-state index in [1.165, 1.54) is 15.3 Å². The van der Waals surface area contributed by atoms with Gasteiger partial charge in [0.15, 0.2) is 0 Å². The predicted molar refractivity (Wildman–Crippen MR) is 69.5 cm³/mol. The first-order valence-electron chi connectivity index (χ1n) is 5.49. The van der Waals surface area contributed by atoms with Crippen LogP contribution in [0.4, 0.5) is 0 Å². The number of hydrogen-bond donors (Lipinski definition) is 0. The van der Waals surface area contributed by atoms with Crippen LogP contribution in [-0.4, -0.2) is 11.0 Å². The molecule has 3 rings (SSSR count). The molecule has 0 bridgehead atoms. The first-order valence-corrected chi connectivity index (χ1v) is 5.49. The molecule has 2 aromatic carbocycles. The largest absolute Gasteiger partial charge is 0.297 e. The third kappa shape index (κ3) is 1.64. The summed E-state index contributed by atoms with van der Waals surface area (Å²) in [4.78, 5) is 10.7. The van der Waals surface area contributed by atoms with E-state index in [1.807, 2.05) is 30.5 Å². The molecule has 2 nitrogen and oxygen atoms in total. The Bertz CT molecular complexity index is 677. The highest BCUT2D eigenvalue weighted by Gasteiger charge is 2.04. The smallest absolute Gasteiger partial charge is 0.217 e. The van der Waals surface area contributed by atoms with Crippen molar-refractivity contribution >= 4 is 17.2 Å². The van der Waals surface area contributed by atoms with Crippen molar-refractivity contribution in [1.29, 1.82) is 0 Å². The minimum Gasteiger partial charge on any atom is -0.297 e. The molecule has 0 aliphatic carbocycles. The number of carbonyl (C=O) groups excluding carboxylic acids is 1. The Kier molecular flexibility index (Phi) is 2.26. The lowest BCUT2D eigenvalue weighted by Gasteiger charge is -2.04. The molecule has 0 fully saturated rings. The van der Waals surface area contributed by atoms with Crippen LogP contribution in [0.2, 0.25) is 0 Å². The van der Waals surface area contributed by atoms with E-state index in [1.54, 1.807) is 6.20 Å². The Labute approximate surface area is 99.1 Å². The van der Waals surface area contributed by atoms with Crippen molar-refractivity contribution in [3.05, 3.63) is 60.9 Å². The summed E-state index contributed by atoms with van der Waals surface area (Å²) in [5.41, 5.74) is 2.22. The van der Waals surface area contributed by atoms with Crippen LogP contribution in [0.25, 0.3) is 21.9 Å². The monoisotopic (exact) mass is 221 g/mol. The SMILES string of the molecule is O=Cn1ccc(-c2cccc3ccccc23)c1. The molecule has 17 heavy (non-hydrogen) atoms. The zero-order valence-corrected chi connectivity index (χ0v) is 9.21. The van der Waals surface area contributed by atoms with Gasteiger partial charge in [-0.15, -0.1) is 0 Å². The summed E-state index contributed by atoms with van der Waals surface area (Å²) in [6.45, 7) is 0. The van der Waals surface area contributed by atoms with E-state index in [2.05, 4.69) is 24.3 Å². The van der Waals surface area contributed by atoms with Crippen LogP contribution in [0.1, 0.15) is 0 Å². The molecule has 0 aliphatic heterocycles. The van der Waals surface area contributed by atoms with Crippen molar-refractivity contribution in [2.45, 2.75) is 0 Å². The van der Waals surface area contributed by atoms with E-state index in [0.717, 1.165) is 17.5 Å². The van der Waals surface area contributed by atoms with Crippen LogP contribution < -0.4 is 0 Å². The maximum atomic E-state index is 10.7. The normalized spacial score (nSPS) is 10.6. The van der Waals surface area contributed by atoms with E-state index >= 15 is 0 Å². The second-order valence-electron chi connectivity index (χ2n) is 3.98. The Morgan fingerprint density at radius 2 is 1.76 bits per heavy atom. The average molecular weight is 221 g/mol. The van der Waals surface area contributed by atoms with Crippen molar-refractivity contribution in [2.75, 3.05) is 0 Å². The van der Waals surface area contributed by atoms with Gasteiger partial charge in [0, 0.05) is 18.0 Å². The van der Waals surface area contributed by atoms with E-state index in [4.69, 9.17) is 0 Å². The fourth-order valence-corrected chi connectivity index (χ4v) is 2.12. The van der Waals surface area contributed by atoms with Gasteiger partial charge in [-0.05, 0) is 22.4 Å². The van der Waals surface area contributed by atoms with Gasteiger partial charge in [0.1, 0.15) is 0 Å². The standard InChI is InChI=1S/C15H11NO/c17-11-16-9-8-13(10-16)15-7-3-5-12-4-1-2-6-14(12)15/h1-11H. The van der Waals surface area contributed by atoms with Crippen LogP contribution in [0.3, 0.4) is 0 Å². The molecule has 1 aromatic heterocycles. The van der Waals surface area contributed by atoms with Crippen molar-refractivity contribution in [1.82, 2.24) is 4.57 Å². The molecule has 2 heteroatoms. The molecule has 0 saturated heterocycles. The molecule has 0 atom stereocenters. The summed E-state index contributed by atoms with van der Waals surface area (Å²) in [7, 11) is 0. The second-order valence-corrected chi connectivity index (χ2v) is 3.98. The number of aromatic nitrogens is 1. The number of fused-ring (bicyclic) bond motifs is 1. The third-order valence-corrected chi connectivity index (χ3v) is 2.94. The average Bonchev–Trinajstić information content (AvgIpc) is 2.87. The fourth-order valence-electron chi connectivity index (χ4n) is 2.12. The zero-order chi connectivity index (χ0) is 11.7. The van der Waals surface area contributed by atoms with Gasteiger partial charge in [-0.1, -0.05) is 42.5 Å². The van der Waals surface area contributed by atoms with Gasteiger partial charge in [0.05, 0.1) is 0 Å². The maximum absolute atomic E-state index is 10.7. The van der Waals surface area contributed by atoms with E-state index in [-0.39, 0.29) is 0 Å². The van der Waals surface area contributed by atoms with Gasteiger partial charge in [0.2, 0.25) is 6.41 Å². The van der Waals surface area contributed by atoms with Crippen LogP contribution in [0.5, 0.6) is 0 Å². The van der Waals surface area contributed by atoms with Gasteiger partial charge in [0.25, 0.3) is 0 Å². The fraction of sp³-hybridized carbons (Fsp3) is 0. The summed E-state index contributed by atoms with van der Waals surface area (Å²) in [6, 6.07) is 16.4. The lowest BCUT2D eigenvalue weighted by Crippen LogP contribution is -1.87. The highest BCUT2D eigenvalue weighted by Crippen LogP contribution is 2.28.